The summed E-state index contributed by atoms with van der Waals surface area (Å²) < 4.78 is 0. The highest BCUT2D eigenvalue weighted by molar-refractivity contribution is 8.07. The van der Waals surface area contributed by atoms with Crippen molar-refractivity contribution in [3.05, 3.63) is 35.4 Å². The third kappa shape index (κ3) is 4.19. The first kappa shape index (κ1) is 16.3. The molecule has 1 aromatic rings. The van der Waals surface area contributed by atoms with E-state index >= 15 is 0 Å². The second kappa shape index (κ2) is 7.77. The molecule has 3 heteroatoms. The molecule has 0 amide bonds. The Balaban J connectivity index is 2.12. The molecule has 1 aliphatic rings. The van der Waals surface area contributed by atoms with Crippen LogP contribution in [-0.4, -0.2) is 22.0 Å². The monoisotopic (exact) mass is 309 g/mol. The van der Waals surface area contributed by atoms with Gasteiger partial charge in [-0.3, -0.25) is 0 Å². The Hall–Kier alpha value is -0.120. The molecule has 0 saturated carbocycles. The molecular weight excluding hydrogens is 282 g/mol. The predicted molar refractivity (Wildman–Crippen MR) is 94.7 cm³/mol. The Morgan fingerprint density at radius 1 is 1.25 bits per heavy atom. The molecule has 1 saturated heterocycles. The zero-order valence-corrected chi connectivity index (χ0v) is 14.5. The molecule has 3 unspecified atom stereocenters. The maximum Gasteiger partial charge on any atom is 0.0426 e. The number of nitrogens with two attached hydrogens (primary N) is 1. The van der Waals surface area contributed by atoms with E-state index in [2.05, 4.69) is 68.6 Å². The zero-order chi connectivity index (χ0) is 14.5. The van der Waals surface area contributed by atoms with Gasteiger partial charge >= 0.3 is 0 Å². The summed E-state index contributed by atoms with van der Waals surface area (Å²) in [5, 5.41) is 1.27. The highest BCUT2D eigenvalue weighted by Gasteiger charge is 2.30. The maximum atomic E-state index is 6.60. The molecule has 2 N–H and O–H groups in total. The van der Waals surface area contributed by atoms with Crippen LogP contribution in [0, 0.1) is 5.92 Å². The maximum absolute atomic E-state index is 6.60. The van der Waals surface area contributed by atoms with Gasteiger partial charge in [-0.1, -0.05) is 45.0 Å². The highest BCUT2D eigenvalue weighted by atomic mass is 32.2. The fourth-order valence-electron chi connectivity index (χ4n) is 2.86. The summed E-state index contributed by atoms with van der Waals surface area (Å²) in [5.74, 6) is 3.22. The van der Waals surface area contributed by atoms with Crippen LogP contribution < -0.4 is 5.73 Å². The average molecular weight is 310 g/mol. The first-order valence-corrected chi connectivity index (χ1v) is 9.79. The van der Waals surface area contributed by atoms with Crippen molar-refractivity contribution in [2.24, 2.45) is 11.7 Å². The standard InChI is InChI=1S/C17H27NS2/c1-4-15-17(20-9-8-19-15)16(18)14-7-5-6-13(11-14)10-12(2)3/h5-7,11-12,15-17H,4,8-10,18H2,1-3H3. The summed E-state index contributed by atoms with van der Waals surface area (Å²) in [5.41, 5.74) is 9.35. The lowest BCUT2D eigenvalue weighted by Gasteiger charge is -2.34. The van der Waals surface area contributed by atoms with Crippen molar-refractivity contribution >= 4 is 23.5 Å². The Labute approximate surface area is 132 Å². The number of hydrogen-bond acceptors (Lipinski definition) is 3. The fourth-order valence-corrected chi connectivity index (χ4v) is 6.04. The molecule has 0 bridgehead atoms. The van der Waals surface area contributed by atoms with Gasteiger partial charge in [0, 0.05) is 28.0 Å². The van der Waals surface area contributed by atoms with Gasteiger partial charge in [-0.25, -0.2) is 0 Å². The third-order valence-electron chi connectivity index (χ3n) is 3.83. The molecule has 112 valence electrons. The zero-order valence-electron chi connectivity index (χ0n) is 12.8. The minimum absolute atomic E-state index is 0.171. The third-order valence-corrected chi connectivity index (χ3v) is 7.20. The van der Waals surface area contributed by atoms with Gasteiger partial charge in [0.15, 0.2) is 0 Å². The van der Waals surface area contributed by atoms with E-state index in [0.717, 1.165) is 6.42 Å². The number of rotatable bonds is 5. The lowest BCUT2D eigenvalue weighted by molar-refractivity contribution is 0.624. The van der Waals surface area contributed by atoms with E-state index in [1.54, 1.807) is 0 Å². The SMILES string of the molecule is CCC1SCCSC1C(N)c1cccc(CC(C)C)c1. The molecule has 20 heavy (non-hydrogen) atoms. The molecule has 3 atom stereocenters. The summed E-state index contributed by atoms with van der Waals surface area (Å²) in [6, 6.07) is 9.12. The number of thioether (sulfide) groups is 2. The minimum atomic E-state index is 0.171. The lowest BCUT2D eigenvalue weighted by atomic mass is 9.96. The highest BCUT2D eigenvalue weighted by Crippen LogP contribution is 2.39. The molecule has 1 aliphatic heterocycles. The molecule has 0 radical (unpaired) electrons. The van der Waals surface area contributed by atoms with Gasteiger partial charge in [0.05, 0.1) is 0 Å². The van der Waals surface area contributed by atoms with Crippen molar-refractivity contribution < 1.29 is 0 Å². The Bertz CT molecular complexity index is 419. The van der Waals surface area contributed by atoms with Crippen LogP contribution in [0.4, 0.5) is 0 Å². The molecule has 1 fully saturated rings. The normalized spacial score (nSPS) is 24.9. The Morgan fingerprint density at radius 3 is 2.70 bits per heavy atom. The molecule has 0 aliphatic carbocycles. The van der Waals surface area contributed by atoms with E-state index in [9.17, 15) is 0 Å². The lowest BCUT2D eigenvalue weighted by Crippen LogP contribution is -2.35. The quantitative estimate of drug-likeness (QED) is 0.866. The van der Waals surface area contributed by atoms with E-state index in [0.29, 0.717) is 16.4 Å². The van der Waals surface area contributed by atoms with Gasteiger partial charge in [0.2, 0.25) is 0 Å². The molecular formula is C17H27NS2. The smallest absolute Gasteiger partial charge is 0.0426 e. The molecule has 0 spiro atoms. The number of hydrogen-bond donors (Lipinski definition) is 1. The van der Waals surface area contributed by atoms with E-state index in [1.807, 2.05) is 0 Å². The molecule has 1 nitrogen and oxygen atoms in total. The molecule has 0 aromatic heterocycles. The van der Waals surface area contributed by atoms with Crippen molar-refractivity contribution in [2.75, 3.05) is 11.5 Å². The summed E-state index contributed by atoms with van der Waals surface area (Å²) in [6.07, 6.45) is 2.37. The first-order valence-electron chi connectivity index (χ1n) is 7.69. The second-order valence-electron chi connectivity index (χ2n) is 6.02. The largest absolute Gasteiger partial charge is 0.323 e. The van der Waals surface area contributed by atoms with Crippen molar-refractivity contribution in [1.29, 1.82) is 0 Å². The van der Waals surface area contributed by atoms with Crippen LogP contribution in [0.5, 0.6) is 0 Å². The Kier molecular flexibility index (Phi) is 6.31. The van der Waals surface area contributed by atoms with E-state index in [4.69, 9.17) is 5.73 Å². The molecule has 1 heterocycles. The van der Waals surface area contributed by atoms with Gasteiger partial charge < -0.3 is 5.73 Å². The van der Waals surface area contributed by atoms with Gasteiger partial charge in [0.1, 0.15) is 0 Å². The molecule has 1 aromatic carbocycles. The average Bonchev–Trinajstić information content (AvgIpc) is 2.46. The van der Waals surface area contributed by atoms with Crippen molar-refractivity contribution in [2.45, 2.75) is 50.2 Å². The van der Waals surface area contributed by atoms with Gasteiger partial charge in [0.25, 0.3) is 0 Å². The van der Waals surface area contributed by atoms with E-state index in [1.165, 1.54) is 29.1 Å². The van der Waals surface area contributed by atoms with Crippen LogP contribution in [0.2, 0.25) is 0 Å². The first-order chi connectivity index (χ1) is 9.61. The minimum Gasteiger partial charge on any atom is -0.323 e. The van der Waals surface area contributed by atoms with Crippen LogP contribution in [0.3, 0.4) is 0 Å². The van der Waals surface area contributed by atoms with Crippen molar-refractivity contribution in [3.63, 3.8) is 0 Å². The summed E-state index contributed by atoms with van der Waals surface area (Å²) in [4.78, 5) is 0. The summed E-state index contributed by atoms with van der Waals surface area (Å²) in [7, 11) is 0. The van der Waals surface area contributed by atoms with Gasteiger partial charge in [-0.05, 0) is 29.9 Å². The second-order valence-corrected chi connectivity index (χ2v) is 8.65. The fraction of sp³-hybridized carbons (Fsp3) is 0.647. The van der Waals surface area contributed by atoms with E-state index in [-0.39, 0.29) is 6.04 Å². The van der Waals surface area contributed by atoms with Crippen LogP contribution in [0.25, 0.3) is 0 Å². The van der Waals surface area contributed by atoms with Crippen molar-refractivity contribution in [1.82, 2.24) is 0 Å². The topological polar surface area (TPSA) is 26.0 Å². The van der Waals surface area contributed by atoms with E-state index < -0.39 is 0 Å². The predicted octanol–water partition coefficient (Wildman–Crippen LogP) is 4.51. The number of benzene rings is 1. The Morgan fingerprint density at radius 2 is 2.00 bits per heavy atom. The van der Waals surface area contributed by atoms with Gasteiger partial charge in [-0.15, -0.1) is 0 Å². The van der Waals surface area contributed by atoms with Crippen LogP contribution in [0.1, 0.15) is 44.4 Å². The van der Waals surface area contributed by atoms with Crippen LogP contribution in [0.15, 0.2) is 24.3 Å². The summed E-state index contributed by atoms with van der Waals surface area (Å²) in [6.45, 7) is 6.83. The van der Waals surface area contributed by atoms with Crippen LogP contribution >= 0.6 is 23.5 Å². The van der Waals surface area contributed by atoms with Crippen LogP contribution in [-0.2, 0) is 6.42 Å². The van der Waals surface area contributed by atoms with Crippen molar-refractivity contribution in [3.8, 4) is 0 Å². The molecule has 2 rings (SSSR count). The summed E-state index contributed by atoms with van der Waals surface area (Å²) >= 11 is 4.18. The van der Waals surface area contributed by atoms with Gasteiger partial charge in [-0.2, -0.15) is 23.5 Å².